The highest BCUT2D eigenvalue weighted by molar-refractivity contribution is 5.86. The van der Waals surface area contributed by atoms with Gasteiger partial charge in [0.15, 0.2) is 0 Å². The van der Waals surface area contributed by atoms with Crippen molar-refractivity contribution >= 4 is 10.8 Å². The van der Waals surface area contributed by atoms with Gasteiger partial charge < -0.3 is 10.2 Å². The smallest absolute Gasteiger partial charge is 0.121 e. The van der Waals surface area contributed by atoms with Crippen LogP contribution in [0.15, 0.2) is 66.7 Å². The second-order valence-electron chi connectivity index (χ2n) is 4.53. The van der Waals surface area contributed by atoms with Gasteiger partial charge in [-0.1, -0.05) is 60.7 Å². The van der Waals surface area contributed by atoms with Crippen LogP contribution in [-0.4, -0.2) is 10.2 Å². The molecule has 0 fully saturated rings. The first-order valence-electron chi connectivity index (χ1n) is 6.21. The normalized spacial score (nSPS) is 12.5. The van der Waals surface area contributed by atoms with Crippen LogP contribution in [0.2, 0.25) is 0 Å². The standard InChI is InChI=1S/C17H14O2/c18-16-11-4-3-9-15(16)17(19)14-10-5-7-12-6-1-2-8-13(12)14/h1-11,17-19H. The molecule has 0 heterocycles. The molecule has 0 spiro atoms. The number of aromatic hydroxyl groups is 1. The van der Waals surface area contributed by atoms with Crippen LogP contribution in [-0.2, 0) is 0 Å². The summed E-state index contributed by atoms with van der Waals surface area (Å²) in [5.41, 5.74) is 1.33. The van der Waals surface area contributed by atoms with Crippen LogP contribution in [0.25, 0.3) is 10.8 Å². The van der Waals surface area contributed by atoms with Crippen molar-refractivity contribution in [3.8, 4) is 5.75 Å². The number of aliphatic hydroxyl groups excluding tert-OH is 1. The van der Waals surface area contributed by atoms with Crippen molar-refractivity contribution in [2.45, 2.75) is 6.10 Å². The summed E-state index contributed by atoms with van der Waals surface area (Å²) in [6, 6.07) is 20.6. The van der Waals surface area contributed by atoms with Crippen molar-refractivity contribution in [3.05, 3.63) is 77.9 Å². The van der Waals surface area contributed by atoms with Gasteiger partial charge in [-0.15, -0.1) is 0 Å². The van der Waals surface area contributed by atoms with Crippen molar-refractivity contribution in [1.82, 2.24) is 0 Å². The van der Waals surface area contributed by atoms with E-state index in [4.69, 9.17) is 0 Å². The van der Waals surface area contributed by atoms with Gasteiger partial charge in [0, 0.05) is 5.56 Å². The number of phenols is 1. The predicted octanol–water partition coefficient (Wildman–Crippen LogP) is 3.63. The number of fused-ring (bicyclic) bond motifs is 1. The molecule has 2 nitrogen and oxygen atoms in total. The molecule has 0 aliphatic rings. The Morgan fingerprint density at radius 3 is 2.16 bits per heavy atom. The van der Waals surface area contributed by atoms with Gasteiger partial charge in [0.25, 0.3) is 0 Å². The second kappa shape index (κ2) is 4.75. The first kappa shape index (κ1) is 11.8. The van der Waals surface area contributed by atoms with Gasteiger partial charge >= 0.3 is 0 Å². The van der Waals surface area contributed by atoms with E-state index in [0.717, 1.165) is 16.3 Å². The lowest BCUT2D eigenvalue weighted by atomic mass is 9.95. The Morgan fingerprint density at radius 1 is 0.684 bits per heavy atom. The van der Waals surface area contributed by atoms with Crippen LogP contribution in [0.5, 0.6) is 5.75 Å². The van der Waals surface area contributed by atoms with E-state index in [0.29, 0.717) is 5.56 Å². The summed E-state index contributed by atoms with van der Waals surface area (Å²) >= 11 is 0. The lowest BCUT2D eigenvalue weighted by molar-refractivity contribution is 0.217. The average Bonchev–Trinajstić information content (AvgIpc) is 2.46. The number of phenolic OH excluding ortho intramolecular Hbond substituents is 1. The molecule has 0 aliphatic heterocycles. The van der Waals surface area contributed by atoms with Crippen molar-refractivity contribution in [1.29, 1.82) is 0 Å². The Balaban J connectivity index is 2.17. The fourth-order valence-electron chi connectivity index (χ4n) is 2.38. The highest BCUT2D eigenvalue weighted by Gasteiger charge is 2.16. The molecule has 0 saturated carbocycles. The van der Waals surface area contributed by atoms with E-state index < -0.39 is 6.10 Å². The van der Waals surface area contributed by atoms with Crippen LogP contribution in [0.4, 0.5) is 0 Å². The van der Waals surface area contributed by atoms with Crippen LogP contribution < -0.4 is 0 Å². The highest BCUT2D eigenvalue weighted by atomic mass is 16.3. The van der Waals surface area contributed by atoms with Crippen molar-refractivity contribution < 1.29 is 10.2 Å². The molecule has 0 bridgehead atoms. The lowest BCUT2D eigenvalue weighted by Gasteiger charge is -2.15. The SMILES string of the molecule is Oc1ccccc1C(O)c1cccc2ccccc12. The number of benzene rings is 3. The Bertz CT molecular complexity index is 714. The molecule has 2 heteroatoms. The van der Waals surface area contributed by atoms with E-state index in [2.05, 4.69) is 0 Å². The zero-order valence-corrected chi connectivity index (χ0v) is 10.3. The molecule has 3 rings (SSSR count). The third-order valence-corrected chi connectivity index (χ3v) is 3.35. The summed E-state index contributed by atoms with van der Waals surface area (Å²) in [4.78, 5) is 0. The summed E-state index contributed by atoms with van der Waals surface area (Å²) in [6.45, 7) is 0. The van der Waals surface area contributed by atoms with E-state index in [1.807, 2.05) is 48.5 Å². The fraction of sp³-hybridized carbons (Fsp3) is 0.0588. The minimum Gasteiger partial charge on any atom is -0.508 e. The van der Waals surface area contributed by atoms with E-state index >= 15 is 0 Å². The molecule has 2 N–H and O–H groups in total. The van der Waals surface area contributed by atoms with Gasteiger partial charge in [0.2, 0.25) is 0 Å². The summed E-state index contributed by atoms with van der Waals surface area (Å²) in [7, 11) is 0. The Hall–Kier alpha value is -2.32. The van der Waals surface area contributed by atoms with E-state index in [1.54, 1.807) is 18.2 Å². The third-order valence-electron chi connectivity index (χ3n) is 3.35. The van der Waals surface area contributed by atoms with Gasteiger partial charge in [-0.25, -0.2) is 0 Å². The van der Waals surface area contributed by atoms with Gasteiger partial charge in [-0.2, -0.15) is 0 Å². The molecular weight excluding hydrogens is 236 g/mol. The van der Waals surface area contributed by atoms with Gasteiger partial charge in [0.1, 0.15) is 11.9 Å². The van der Waals surface area contributed by atoms with Crippen LogP contribution in [0.1, 0.15) is 17.2 Å². The fourth-order valence-corrected chi connectivity index (χ4v) is 2.38. The summed E-state index contributed by atoms with van der Waals surface area (Å²) in [6.07, 6.45) is -0.827. The Morgan fingerprint density at radius 2 is 1.32 bits per heavy atom. The molecule has 94 valence electrons. The number of hydrogen-bond acceptors (Lipinski definition) is 2. The monoisotopic (exact) mass is 250 g/mol. The largest absolute Gasteiger partial charge is 0.508 e. The molecule has 0 aromatic heterocycles. The Labute approximate surface area is 111 Å². The van der Waals surface area contributed by atoms with Crippen LogP contribution in [0, 0.1) is 0 Å². The topological polar surface area (TPSA) is 40.5 Å². The van der Waals surface area contributed by atoms with Gasteiger partial charge in [-0.05, 0) is 22.4 Å². The molecule has 0 saturated heterocycles. The molecule has 1 unspecified atom stereocenters. The minimum atomic E-state index is -0.827. The number of para-hydroxylation sites is 1. The molecule has 0 aliphatic carbocycles. The van der Waals surface area contributed by atoms with Crippen LogP contribution in [0.3, 0.4) is 0 Å². The predicted molar refractivity (Wildman–Crippen MR) is 76.1 cm³/mol. The quantitative estimate of drug-likeness (QED) is 0.729. The first-order valence-corrected chi connectivity index (χ1v) is 6.21. The lowest BCUT2D eigenvalue weighted by Crippen LogP contribution is -2.00. The molecule has 19 heavy (non-hydrogen) atoms. The molecule has 1 atom stereocenters. The zero-order chi connectivity index (χ0) is 13.2. The van der Waals surface area contributed by atoms with Crippen molar-refractivity contribution in [3.63, 3.8) is 0 Å². The maximum atomic E-state index is 10.5. The minimum absolute atomic E-state index is 0.114. The summed E-state index contributed by atoms with van der Waals surface area (Å²) in [5.74, 6) is 0.114. The molecule has 3 aromatic rings. The van der Waals surface area contributed by atoms with Crippen LogP contribution >= 0.6 is 0 Å². The first-order chi connectivity index (χ1) is 9.27. The van der Waals surface area contributed by atoms with E-state index in [1.165, 1.54) is 0 Å². The third kappa shape index (κ3) is 2.07. The second-order valence-corrected chi connectivity index (χ2v) is 4.53. The molecule has 3 aromatic carbocycles. The summed E-state index contributed by atoms with van der Waals surface area (Å²) < 4.78 is 0. The van der Waals surface area contributed by atoms with Crippen molar-refractivity contribution in [2.24, 2.45) is 0 Å². The molecule has 0 radical (unpaired) electrons. The number of aliphatic hydroxyl groups is 1. The van der Waals surface area contributed by atoms with Gasteiger partial charge in [-0.3, -0.25) is 0 Å². The highest BCUT2D eigenvalue weighted by Crippen LogP contribution is 2.32. The van der Waals surface area contributed by atoms with Crippen molar-refractivity contribution in [2.75, 3.05) is 0 Å². The Kier molecular flexibility index (Phi) is 2.94. The average molecular weight is 250 g/mol. The maximum Gasteiger partial charge on any atom is 0.121 e. The van der Waals surface area contributed by atoms with E-state index in [-0.39, 0.29) is 5.75 Å². The van der Waals surface area contributed by atoms with E-state index in [9.17, 15) is 10.2 Å². The molecule has 0 amide bonds. The number of rotatable bonds is 2. The number of hydrogen-bond donors (Lipinski definition) is 2. The summed E-state index contributed by atoms with van der Waals surface area (Å²) in [5, 5.41) is 22.4. The molecular formula is C17H14O2. The van der Waals surface area contributed by atoms with Gasteiger partial charge in [0.05, 0.1) is 0 Å². The zero-order valence-electron chi connectivity index (χ0n) is 10.3. The maximum absolute atomic E-state index is 10.5.